The summed E-state index contributed by atoms with van der Waals surface area (Å²) in [6.45, 7) is 0. The highest BCUT2D eigenvalue weighted by molar-refractivity contribution is 5.37. The Kier molecular flexibility index (Phi) is 2.44. The molecule has 0 aliphatic heterocycles. The molecule has 14 heavy (non-hydrogen) atoms. The van der Waals surface area contributed by atoms with Crippen molar-refractivity contribution >= 4 is 0 Å². The van der Waals surface area contributed by atoms with Gasteiger partial charge in [-0.3, -0.25) is 0 Å². The molecule has 0 amide bonds. The molecule has 1 aliphatic rings. The number of hydrogen-bond donors (Lipinski definition) is 2. The number of phenolic OH excluding ortho intramolecular Hbond substituents is 1. The van der Waals surface area contributed by atoms with E-state index in [0.29, 0.717) is 5.75 Å². The minimum Gasteiger partial charge on any atom is -0.508 e. The van der Waals surface area contributed by atoms with Crippen LogP contribution >= 0.6 is 0 Å². The number of ether oxygens (including phenoxy) is 1. The maximum Gasteiger partial charge on any atom is 0.115 e. The number of hydrogen-bond acceptors (Lipinski definition) is 3. The molecule has 3 heteroatoms. The maximum atomic E-state index is 9.33. The summed E-state index contributed by atoms with van der Waals surface area (Å²) in [6.07, 6.45) is 1.72. The summed E-state index contributed by atoms with van der Waals surface area (Å²) in [4.78, 5) is 0. The van der Waals surface area contributed by atoms with Gasteiger partial charge in [-0.25, -0.2) is 0 Å². The lowest BCUT2D eigenvalue weighted by atomic mass is 9.86. The summed E-state index contributed by atoms with van der Waals surface area (Å²) in [5, 5.41) is 9.33. The number of benzene rings is 1. The first-order valence-electron chi connectivity index (χ1n) is 4.80. The van der Waals surface area contributed by atoms with E-state index in [1.54, 1.807) is 19.2 Å². The van der Waals surface area contributed by atoms with E-state index in [1.165, 1.54) is 5.56 Å². The van der Waals surface area contributed by atoms with Gasteiger partial charge in [0.05, 0.1) is 6.10 Å². The summed E-state index contributed by atoms with van der Waals surface area (Å²) in [7, 11) is 1.69. The molecule has 0 spiro atoms. The van der Waals surface area contributed by atoms with Crippen molar-refractivity contribution in [3.8, 4) is 5.75 Å². The first-order valence-corrected chi connectivity index (χ1v) is 4.80. The van der Waals surface area contributed by atoms with Gasteiger partial charge in [0.25, 0.3) is 0 Å². The number of nitrogens with two attached hydrogens (primary N) is 1. The lowest BCUT2D eigenvalue weighted by Crippen LogP contribution is -2.42. The zero-order valence-electron chi connectivity index (χ0n) is 8.23. The topological polar surface area (TPSA) is 55.5 Å². The smallest absolute Gasteiger partial charge is 0.115 e. The Bertz CT molecular complexity index is 338. The zero-order chi connectivity index (χ0) is 10.1. The Labute approximate surface area is 83.5 Å². The van der Waals surface area contributed by atoms with Crippen LogP contribution in [-0.2, 0) is 17.6 Å². The Balaban J connectivity index is 2.30. The van der Waals surface area contributed by atoms with Crippen LogP contribution in [0.3, 0.4) is 0 Å². The molecule has 0 radical (unpaired) electrons. The van der Waals surface area contributed by atoms with Crippen LogP contribution in [0.25, 0.3) is 0 Å². The second-order valence-corrected chi connectivity index (χ2v) is 3.80. The second kappa shape index (κ2) is 3.59. The van der Waals surface area contributed by atoms with E-state index >= 15 is 0 Å². The third kappa shape index (κ3) is 1.61. The molecule has 0 aromatic heterocycles. The Morgan fingerprint density at radius 2 is 2.14 bits per heavy atom. The predicted molar refractivity (Wildman–Crippen MR) is 54.3 cm³/mol. The van der Waals surface area contributed by atoms with Crippen LogP contribution in [0.2, 0.25) is 0 Å². The second-order valence-electron chi connectivity index (χ2n) is 3.80. The van der Waals surface area contributed by atoms with Crippen LogP contribution in [0.4, 0.5) is 0 Å². The van der Waals surface area contributed by atoms with E-state index < -0.39 is 0 Å². The molecule has 2 atom stereocenters. The zero-order valence-corrected chi connectivity index (χ0v) is 8.23. The summed E-state index contributed by atoms with van der Waals surface area (Å²) in [5.74, 6) is 0.312. The molecular formula is C11H15NO2. The largest absolute Gasteiger partial charge is 0.508 e. The van der Waals surface area contributed by atoms with Gasteiger partial charge >= 0.3 is 0 Å². The average molecular weight is 193 g/mol. The number of methoxy groups -OCH3 is 1. The van der Waals surface area contributed by atoms with Crippen LogP contribution in [0.15, 0.2) is 18.2 Å². The van der Waals surface area contributed by atoms with E-state index in [2.05, 4.69) is 0 Å². The third-order valence-corrected chi connectivity index (χ3v) is 2.85. The van der Waals surface area contributed by atoms with Gasteiger partial charge in [0.15, 0.2) is 0 Å². The van der Waals surface area contributed by atoms with Gasteiger partial charge in [-0.05, 0) is 29.7 Å². The van der Waals surface area contributed by atoms with Crippen molar-refractivity contribution in [1.29, 1.82) is 0 Å². The van der Waals surface area contributed by atoms with E-state index in [1.807, 2.05) is 6.07 Å². The van der Waals surface area contributed by atoms with Crippen LogP contribution in [0.5, 0.6) is 5.75 Å². The third-order valence-electron chi connectivity index (χ3n) is 2.85. The predicted octanol–water partition coefficient (Wildman–Crippen LogP) is 0.833. The molecular weight excluding hydrogens is 178 g/mol. The van der Waals surface area contributed by atoms with Crippen LogP contribution < -0.4 is 5.73 Å². The maximum absolute atomic E-state index is 9.33. The lowest BCUT2D eigenvalue weighted by Gasteiger charge is -2.29. The van der Waals surface area contributed by atoms with E-state index in [4.69, 9.17) is 10.5 Å². The SMILES string of the molecule is COC1Cc2ccc(O)cc2CC1N. The van der Waals surface area contributed by atoms with Crippen LogP contribution in [0.1, 0.15) is 11.1 Å². The van der Waals surface area contributed by atoms with Gasteiger partial charge in [-0.1, -0.05) is 6.07 Å². The minimum atomic E-state index is 0.0364. The van der Waals surface area contributed by atoms with Gasteiger partial charge < -0.3 is 15.6 Å². The highest BCUT2D eigenvalue weighted by atomic mass is 16.5. The Hall–Kier alpha value is -1.06. The summed E-state index contributed by atoms with van der Waals surface area (Å²) in [6, 6.07) is 5.49. The molecule has 0 bridgehead atoms. The molecule has 0 fully saturated rings. The first-order chi connectivity index (χ1) is 6.70. The number of aromatic hydroxyl groups is 1. The summed E-state index contributed by atoms with van der Waals surface area (Å²) >= 11 is 0. The van der Waals surface area contributed by atoms with Gasteiger partial charge in [-0.2, -0.15) is 0 Å². The molecule has 76 valence electrons. The van der Waals surface area contributed by atoms with Crippen LogP contribution in [-0.4, -0.2) is 24.4 Å². The molecule has 3 nitrogen and oxygen atoms in total. The van der Waals surface area contributed by atoms with Gasteiger partial charge in [0.1, 0.15) is 5.75 Å². The molecule has 0 heterocycles. The highest BCUT2D eigenvalue weighted by Gasteiger charge is 2.25. The average Bonchev–Trinajstić information content (AvgIpc) is 2.16. The summed E-state index contributed by atoms with van der Waals surface area (Å²) in [5.41, 5.74) is 8.32. The first kappa shape index (κ1) is 9.49. The summed E-state index contributed by atoms with van der Waals surface area (Å²) < 4.78 is 5.30. The fourth-order valence-electron chi connectivity index (χ4n) is 2.01. The van der Waals surface area contributed by atoms with Crippen molar-refractivity contribution < 1.29 is 9.84 Å². The van der Waals surface area contributed by atoms with Crippen molar-refractivity contribution in [3.05, 3.63) is 29.3 Å². The monoisotopic (exact) mass is 193 g/mol. The van der Waals surface area contributed by atoms with Gasteiger partial charge in [0, 0.05) is 19.6 Å². The van der Waals surface area contributed by atoms with Crippen molar-refractivity contribution in [3.63, 3.8) is 0 Å². The van der Waals surface area contributed by atoms with Crippen molar-refractivity contribution in [2.75, 3.05) is 7.11 Å². The molecule has 1 aliphatic carbocycles. The molecule has 0 saturated heterocycles. The van der Waals surface area contributed by atoms with Gasteiger partial charge in [0.2, 0.25) is 0 Å². The van der Waals surface area contributed by atoms with E-state index in [0.717, 1.165) is 18.4 Å². The van der Waals surface area contributed by atoms with Crippen molar-refractivity contribution in [2.24, 2.45) is 5.73 Å². The molecule has 2 unspecified atom stereocenters. The Morgan fingerprint density at radius 3 is 2.86 bits per heavy atom. The van der Waals surface area contributed by atoms with Crippen molar-refractivity contribution in [2.45, 2.75) is 25.0 Å². The molecule has 2 rings (SSSR count). The standard InChI is InChI=1S/C11H15NO2/c1-14-11-6-7-2-3-9(13)4-8(7)5-10(11)12/h2-4,10-11,13H,5-6,12H2,1H3. The molecule has 1 aromatic rings. The number of rotatable bonds is 1. The minimum absolute atomic E-state index is 0.0364. The number of fused-ring (bicyclic) bond motifs is 1. The van der Waals surface area contributed by atoms with Crippen molar-refractivity contribution in [1.82, 2.24) is 0 Å². The highest BCUT2D eigenvalue weighted by Crippen LogP contribution is 2.25. The fourth-order valence-corrected chi connectivity index (χ4v) is 2.01. The fraction of sp³-hybridized carbons (Fsp3) is 0.455. The Morgan fingerprint density at radius 1 is 1.36 bits per heavy atom. The quantitative estimate of drug-likeness (QED) is 0.694. The normalized spacial score (nSPS) is 25.9. The molecule has 0 saturated carbocycles. The molecule has 3 N–H and O–H groups in total. The van der Waals surface area contributed by atoms with Gasteiger partial charge in [-0.15, -0.1) is 0 Å². The van der Waals surface area contributed by atoms with E-state index in [-0.39, 0.29) is 12.1 Å². The molecule has 1 aromatic carbocycles. The number of phenols is 1. The lowest BCUT2D eigenvalue weighted by molar-refractivity contribution is 0.0754. The van der Waals surface area contributed by atoms with Crippen LogP contribution in [0, 0.1) is 0 Å². The van der Waals surface area contributed by atoms with E-state index in [9.17, 15) is 5.11 Å².